The van der Waals surface area contributed by atoms with E-state index in [2.05, 4.69) is 29.8 Å². The number of hydrogen-bond acceptors (Lipinski definition) is 1. The maximum Gasteiger partial charge on any atom is 0.692 e. The standard InChI is InChI=1S/C15H31Br.HO3P/c1-3-15(4-2)13-11-9-7-5-6-8-10-12-14-16;1-4(2)3/h15H,3-14H2,1-2H3;(H-,1,2,3)/p+1. The summed E-state index contributed by atoms with van der Waals surface area (Å²) in [5.74, 6) is 0.999. The second kappa shape index (κ2) is 19.5. The number of halogens is 1. The molecule has 5 heteroatoms. The molecule has 0 unspecified atom stereocenters. The molecular formula is C15H33BrO3P+. The van der Waals surface area contributed by atoms with Crippen LogP contribution in [0.3, 0.4) is 0 Å². The average molecular weight is 372 g/mol. The van der Waals surface area contributed by atoms with Crippen molar-refractivity contribution in [3.05, 3.63) is 0 Å². The quantitative estimate of drug-likeness (QED) is 0.253. The van der Waals surface area contributed by atoms with Crippen molar-refractivity contribution < 1.29 is 14.4 Å². The molecule has 0 heterocycles. The molecule has 0 aliphatic heterocycles. The van der Waals surface area contributed by atoms with Crippen LogP contribution in [0.25, 0.3) is 0 Å². The van der Waals surface area contributed by atoms with E-state index in [4.69, 9.17) is 14.4 Å². The Bertz CT molecular complexity index is 196. The van der Waals surface area contributed by atoms with Gasteiger partial charge in [-0.1, -0.05) is 94.0 Å². The van der Waals surface area contributed by atoms with Crippen LogP contribution >= 0.6 is 24.2 Å². The van der Waals surface area contributed by atoms with Gasteiger partial charge in [0, 0.05) is 9.90 Å². The van der Waals surface area contributed by atoms with E-state index in [1.165, 1.54) is 76.0 Å². The molecule has 122 valence electrons. The molecule has 0 rings (SSSR count). The van der Waals surface area contributed by atoms with Gasteiger partial charge in [0.1, 0.15) is 0 Å². The van der Waals surface area contributed by atoms with Crippen molar-refractivity contribution in [3.63, 3.8) is 0 Å². The van der Waals surface area contributed by atoms with Crippen LogP contribution in [0.4, 0.5) is 0 Å². The molecule has 0 fully saturated rings. The zero-order valence-electron chi connectivity index (χ0n) is 13.2. The predicted octanol–water partition coefficient (Wildman–Crippen LogP) is 5.96. The van der Waals surface area contributed by atoms with Gasteiger partial charge in [0.05, 0.1) is 0 Å². The second-order valence-electron chi connectivity index (χ2n) is 5.24. The van der Waals surface area contributed by atoms with E-state index < -0.39 is 8.25 Å². The van der Waals surface area contributed by atoms with Crippen LogP contribution in [0.15, 0.2) is 0 Å². The highest BCUT2D eigenvalue weighted by Gasteiger charge is 2.02. The van der Waals surface area contributed by atoms with Gasteiger partial charge in [-0.3, -0.25) is 0 Å². The van der Waals surface area contributed by atoms with Crippen molar-refractivity contribution in [2.24, 2.45) is 5.92 Å². The monoisotopic (exact) mass is 371 g/mol. The summed E-state index contributed by atoms with van der Waals surface area (Å²) in [7, 11) is -2.87. The number of alkyl halides is 1. The third kappa shape index (κ3) is 23.6. The Balaban J connectivity index is 0. The zero-order chi connectivity index (χ0) is 15.6. The first kappa shape index (κ1) is 22.8. The molecule has 0 aromatic rings. The molecule has 0 spiro atoms. The van der Waals surface area contributed by atoms with Crippen molar-refractivity contribution in [1.29, 1.82) is 0 Å². The smallest absolute Gasteiger partial charge is 0.134 e. The minimum absolute atomic E-state index is 0.999. The van der Waals surface area contributed by atoms with Gasteiger partial charge in [-0.05, 0) is 12.3 Å². The van der Waals surface area contributed by atoms with Crippen molar-refractivity contribution in [2.75, 3.05) is 5.33 Å². The van der Waals surface area contributed by atoms with E-state index in [9.17, 15) is 0 Å². The van der Waals surface area contributed by atoms with Gasteiger partial charge >= 0.3 is 8.25 Å². The maximum absolute atomic E-state index is 8.70. The normalized spacial score (nSPS) is 10.3. The molecule has 2 N–H and O–H groups in total. The molecule has 0 aromatic carbocycles. The van der Waals surface area contributed by atoms with E-state index in [0.717, 1.165) is 5.92 Å². The fourth-order valence-electron chi connectivity index (χ4n) is 2.29. The summed E-state index contributed by atoms with van der Waals surface area (Å²) in [5.41, 5.74) is 0. The van der Waals surface area contributed by atoms with E-state index in [0.29, 0.717) is 0 Å². The summed E-state index contributed by atoms with van der Waals surface area (Å²) < 4.78 is 8.70. The summed E-state index contributed by atoms with van der Waals surface area (Å²) in [4.78, 5) is 14.2. The molecule has 3 nitrogen and oxygen atoms in total. The first-order valence-corrected chi connectivity index (χ1v) is 10.3. The molecule has 0 aliphatic rings. The van der Waals surface area contributed by atoms with Gasteiger partial charge in [-0.15, -0.1) is 9.79 Å². The fraction of sp³-hybridized carbons (Fsp3) is 1.00. The van der Waals surface area contributed by atoms with Crippen LogP contribution in [0.1, 0.15) is 84.5 Å². The summed E-state index contributed by atoms with van der Waals surface area (Å²) in [5, 5.41) is 1.18. The van der Waals surface area contributed by atoms with Crippen LogP contribution in [0.2, 0.25) is 0 Å². The van der Waals surface area contributed by atoms with Gasteiger partial charge < -0.3 is 0 Å². The molecule has 0 atom stereocenters. The number of unbranched alkanes of at least 4 members (excludes halogenated alkanes) is 7. The molecule has 0 aromatic heterocycles. The first-order chi connectivity index (χ1) is 9.58. The van der Waals surface area contributed by atoms with Crippen LogP contribution in [-0.4, -0.2) is 15.1 Å². The third-order valence-corrected chi connectivity index (χ3v) is 4.21. The highest BCUT2D eigenvalue weighted by atomic mass is 79.9. The summed E-state index contributed by atoms with van der Waals surface area (Å²) in [6.45, 7) is 4.66. The first-order valence-electron chi connectivity index (χ1n) is 7.99. The second-order valence-corrected chi connectivity index (χ2v) is 6.54. The van der Waals surface area contributed by atoms with E-state index >= 15 is 0 Å². The van der Waals surface area contributed by atoms with Crippen LogP contribution in [0, 0.1) is 5.92 Å². The molecule has 0 saturated carbocycles. The minimum Gasteiger partial charge on any atom is -0.134 e. The summed E-state index contributed by atoms with van der Waals surface area (Å²) >= 11 is 3.48. The minimum atomic E-state index is -2.87. The Morgan fingerprint density at radius 3 is 1.55 bits per heavy atom. The van der Waals surface area contributed by atoms with Crippen LogP contribution in [0.5, 0.6) is 0 Å². The summed E-state index contributed by atoms with van der Waals surface area (Å²) in [6, 6.07) is 0. The lowest BCUT2D eigenvalue weighted by molar-refractivity contribution is 0.405. The topological polar surface area (TPSA) is 57.5 Å². The molecule has 0 bridgehead atoms. The highest BCUT2D eigenvalue weighted by molar-refractivity contribution is 9.09. The Labute approximate surface area is 134 Å². The highest BCUT2D eigenvalue weighted by Crippen LogP contribution is 2.17. The largest absolute Gasteiger partial charge is 0.692 e. The SMILES string of the molecule is CCC(CC)CCCCCCCCCCBr.O=[P+](O)O. The molecule has 0 saturated heterocycles. The van der Waals surface area contributed by atoms with Crippen molar-refractivity contribution >= 4 is 24.2 Å². The van der Waals surface area contributed by atoms with Gasteiger partial charge in [0.25, 0.3) is 0 Å². The molecule has 0 amide bonds. The Morgan fingerprint density at radius 2 is 1.20 bits per heavy atom. The summed E-state index contributed by atoms with van der Waals surface area (Å²) in [6.07, 6.45) is 15.8. The molecular weight excluding hydrogens is 339 g/mol. The van der Waals surface area contributed by atoms with Crippen molar-refractivity contribution in [2.45, 2.75) is 84.5 Å². The Kier molecular flexibility index (Phi) is 22.2. The maximum atomic E-state index is 8.70. The van der Waals surface area contributed by atoms with Crippen molar-refractivity contribution in [3.8, 4) is 0 Å². The Morgan fingerprint density at radius 1 is 0.850 bits per heavy atom. The lowest BCUT2D eigenvalue weighted by Crippen LogP contribution is -1.96. The van der Waals surface area contributed by atoms with Crippen molar-refractivity contribution in [1.82, 2.24) is 0 Å². The molecule has 20 heavy (non-hydrogen) atoms. The lowest BCUT2D eigenvalue weighted by atomic mass is 9.95. The average Bonchev–Trinajstić information content (AvgIpc) is 2.40. The Hall–Kier alpha value is 0.500. The van der Waals surface area contributed by atoms with Crippen LogP contribution < -0.4 is 0 Å². The van der Waals surface area contributed by atoms with Gasteiger partial charge in [-0.25, -0.2) is 0 Å². The zero-order valence-corrected chi connectivity index (χ0v) is 15.7. The third-order valence-electron chi connectivity index (χ3n) is 3.65. The number of rotatable bonds is 12. The van der Waals surface area contributed by atoms with E-state index in [-0.39, 0.29) is 0 Å². The lowest BCUT2D eigenvalue weighted by Gasteiger charge is -2.11. The van der Waals surface area contributed by atoms with E-state index in [1.807, 2.05) is 0 Å². The predicted molar refractivity (Wildman–Crippen MR) is 91.5 cm³/mol. The number of hydrogen-bond donors (Lipinski definition) is 2. The van der Waals surface area contributed by atoms with E-state index in [1.54, 1.807) is 0 Å². The van der Waals surface area contributed by atoms with Gasteiger partial charge in [0.2, 0.25) is 0 Å². The fourth-order valence-corrected chi connectivity index (χ4v) is 2.68. The van der Waals surface area contributed by atoms with Gasteiger partial charge in [-0.2, -0.15) is 0 Å². The van der Waals surface area contributed by atoms with Gasteiger partial charge in [0.15, 0.2) is 0 Å². The molecule has 0 radical (unpaired) electrons. The van der Waals surface area contributed by atoms with Crippen LogP contribution in [-0.2, 0) is 4.57 Å². The molecule has 0 aliphatic carbocycles.